The standard InChI is InChI=1S/C18H18N4.2ClH/c1-22(15-9-5-8-14(19)12-15)18(20)21-17-11-4-7-13-6-2-3-10-16(13)17;;/h2-12H,19H2,1H3,(H2,20,21);2*1H. The van der Waals surface area contributed by atoms with Crippen LogP contribution in [0.4, 0.5) is 17.1 Å². The smallest absolute Gasteiger partial charge is 0.200 e. The average molecular weight is 363 g/mol. The zero-order chi connectivity index (χ0) is 15.5. The summed E-state index contributed by atoms with van der Waals surface area (Å²) in [7, 11) is 1.87. The third-order valence-corrected chi connectivity index (χ3v) is 3.60. The van der Waals surface area contributed by atoms with Gasteiger partial charge in [0.15, 0.2) is 0 Å². The van der Waals surface area contributed by atoms with Crippen LogP contribution >= 0.6 is 24.8 Å². The van der Waals surface area contributed by atoms with Crippen molar-refractivity contribution in [2.75, 3.05) is 17.7 Å². The summed E-state index contributed by atoms with van der Waals surface area (Å²) >= 11 is 0. The second-order valence-electron chi connectivity index (χ2n) is 5.12. The van der Waals surface area contributed by atoms with E-state index >= 15 is 0 Å². The molecule has 4 nitrogen and oxygen atoms in total. The van der Waals surface area contributed by atoms with E-state index in [9.17, 15) is 0 Å². The summed E-state index contributed by atoms with van der Waals surface area (Å²) in [5.74, 6) is 0.418. The van der Waals surface area contributed by atoms with Gasteiger partial charge in [-0.3, -0.25) is 0 Å². The number of rotatable bonds is 2. The Morgan fingerprint density at radius 2 is 1.58 bits per heavy atom. The molecule has 4 N–H and O–H groups in total. The molecular formula is C18H20Cl2N4. The van der Waals surface area contributed by atoms with Crippen LogP contribution in [-0.4, -0.2) is 13.0 Å². The summed E-state index contributed by atoms with van der Waals surface area (Å²) in [6, 6.07) is 21.7. The molecule has 0 unspecified atom stereocenters. The molecule has 0 bridgehead atoms. The van der Waals surface area contributed by atoms with Crippen molar-refractivity contribution < 1.29 is 0 Å². The van der Waals surface area contributed by atoms with Crippen molar-refractivity contribution in [2.24, 2.45) is 10.7 Å². The van der Waals surface area contributed by atoms with Crippen LogP contribution in [0.25, 0.3) is 10.8 Å². The first-order valence-electron chi connectivity index (χ1n) is 7.06. The van der Waals surface area contributed by atoms with Crippen molar-refractivity contribution in [1.82, 2.24) is 0 Å². The number of aliphatic imine (C=N–C) groups is 1. The fourth-order valence-corrected chi connectivity index (χ4v) is 2.37. The summed E-state index contributed by atoms with van der Waals surface area (Å²) in [6.07, 6.45) is 0. The highest BCUT2D eigenvalue weighted by Crippen LogP contribution is 2.26. The lowest BCUT2D eigenvalue weighted by atomic mass is 10.1. The lowest BCUT2D eigenvalue weighted by Gasteiger charge is -2.18. The summed E-state index contributed by atoms with van der Waals surface area (Å²) in [5.41, 5.74) is 14.4. The number of hydrogen-bond acceptors (Lipinski definition) is 2. The number of nitrogens with two attached hydrogens (primary N) is 2. The predicted molar refractivity (Wildman–Crippen MR) is 109 cm³/mol. The van der Waals surface area contributed by atoms with Gasteiger partial charge in [-0.2, -0.15) is 0 Å². The topological polar surface area (TPSA) is 67.6 Å². The van der Waals surface area contributed by atoms with E-state index in [1.807, 2.05) is 66.5 Å². The van der Waals surface area contributed by atoms with Gasteiger partial charge >= 0.3 is 0 Å². The Balaban J connectivity index is 0.00000144. The van der Waals surface area contributed by atoms with Gasteiger partial charge in [0.25, 0.3) is 0 Å². The Bertz CT molecular complexity index is 844. The van der Waals surface area contributed by atoms with Crippen LogP contribution in [0, 0.1) is 0 Å². The highest BCUT2D eigenvalue weighted by molar-refractivity contribution is 6.00. The van der Waals surface area contributed by atoms with Crippen LogP contribution < -0.4 is 16.4 Å². The van der Waals surface area contributed by atoms with Crippen LogP contribution in [0.5, 0.6) is 0 Å². The van der Waals surface area contributed by atoms with E-state index in [0.29, 0.717) is 11.6 Å². The molecule has 0 aromatic heterocycles. The molecule has 24 heavy (non-hydrogen) atoms. The fraction of sp³-hybridized carbons (Fsp3) is 0.0556. The van der Waals surface area contributed by atoms with Gasteiger partial charge in [0, 0.05) is 23.8 Å². The van der Waals surface area contributed by atoms with E-state index in [-0.39, 0.29) is 24.8 Å². The zero-order valence-electron chi connectivity index (χ0n) is 13.2. The summed E-state index contributed by atoms with van der Waals surface area (Å²) in [5, 5.41) is 2.22. The summed E-state index contributed by atoms with van der Waals surface area (Å²) < 4.78 is 0. The lowest BCUT2D eigenvalue weighted by Crippen LogP contribution is -2.33. The number of hydrogen-bond donors (Lipinski definition) is 2. The highest BCUT2D eigenvalue weighted by Gasteiger charge is 2.07. The predicted octanol–water partition coefficient (Wildman–Crippen LogP) is 4.35. The van der Waals surface area contributed by atoms with Gasteiger partial charge in [-0.25, -0.2) is 4.99 Å². The van der Waals surface area contributed by atoms with Crippen molar-refractivity contribution in [3.63, 3.8) is 0 Å². The first-order valence-corrected chi connectivity index (χ1v) is 7.06. The molecule has 0 saturated carbocycles. The molecule has 0 radical (unpaired) electrons. The number of guanidine groups is 1. The van der Waals surface area contributed by atoms with Crippen molar-refractivity contribution in [3.8, 4) is 0 Å². The zero-order valence-corrected chi connectivity index (χ0v) is 14.8. The average Bonchev–Trinajstić information content (AvgIpc) is 2.54. The maximum absolute atomic E-state index is 6.16. The SMILES string of the molecule is CN(C(N)=Nc1cccc2ccccc12)c1cccc(N)c1.Cl.Cl. The van der Waals surface area contributed by atoms with Crippen LogP contribution in [0.3, 0.4) is 0 Å². The van der Waals surface area contributed by atoms with Gasteiger partial charge in [-0.1, -0.05) is 42.5 Å². The van der Waals surface area contributed by atoms with E-state index in [1.54, 1.807) is 0 Å². The number of halogens is 2. The molecular weight excluding hydrogens is 343 g/mol. The molecule has 0 aliphatic heterocycles. The van der Waals surface area contributed by atoms with Gasteiger partial charge in [-0.15, -0.1) is 24.8 Å². The van der Waals surface area contributed by atoms with E-state index < -0.39 is 0 Å². The summed E-state index contributed by atoms with van der Waals surface area (Å²) in [6.45, 7) is 0. The molecule has 0 amide bonds. The second kappa shape index (κ2) is 8.43. The van der Waals surface area contributed by atoms with Gasteiger partial charge in [0.05, 0.1) is 5.69 Å². The molecule has 0 aliphatic carbocycles. The third kappa shape index (κ3) is 4.10. The largest absolute Gasteiger partial charge is 0.399 e. The maximum Gasteiger partial charge on any atom is 0.200 e. The van der Waals surface area contributed by atoms with Crippen LogP contribution in [0.15, 0.2) is 71.7 Å². The Hall–Kier alpha value is -2.43. The van der Waals surface area contributed by atoms with Gasteiger partial charge < -0.3 is 16.4 Å². The Morgan fingerprint density at radius 3 is 2.33 bits per heavy atom. The molecule has 6 heteroatoms. The van der Waals surface area contributed by atoms with E-state index in [1.165, 1.54) is 0 Å². The molecule has 3 aromatic rings. The Labute approximate surface area is 154 Å². The van der Waals surface area contributed by atoms with Gasteiger partial charge in [-0.05, 0) is 29.7 Å². The molecule has 126 valence electrons. The number of anilines is 2. The maximum atomic E-state index is 6.16. The molecule has 3 rings (SSSR count). The number of fused-ring (bicyclic) bond motifs is 1. The first-order chi connectivity index (χ1) is 10.6. The third-order valence-electron chi connectivity index (χ3n) is 3.60. The fourth-order valence-electron chi connectivity index (χ4n) is 2.37. The Morgan fingerprint density at radius 1 is 0.917 bits per heavy atom. The van der Waals surface area contributed by atoms with Crippen molar-refractivity contribution >= 4 is 58.6 Å². The van der Waals surface area contributed by atoms with Crippen LogP contribution in [0.1, 0.15) is 0 Å². The minimum absolute atomic E-state index is 0. The van der Waals surface area contributed by atoms with Crippen LogP contribution in [-0.2, 0) is 0 Å². The summed E-state index contributed by atoms with van der Waals surface area (Å²) in [4.78, 5) is 6.39. The minimum Gasteiger partial charge on any atom is -0.399 e. The first kappa shape index (κ1) is 19.6. The second-order valence-corrected chi connectivity index (χ2v) is 5.12. The Kier molecular flexibility index (Phi) is 6.89. The van der Waals surface area contributed by atoms with Crippen molar-refractivity contribution in [3.05, 3.63) is 66.7 Å². The van der Waals surface area contributed by atoms with Crippen molar-refractivity contribution in [1.29, 1.82) is 0 Å². The monoisotopic (exact) mass is 362 g/mol. The molecule has 0 aliphatic rings. The lowest BCUT2D eigenvalue weighted by molar-refractivity contribution is 1.22. The molecule has 0 atom stereocenters. The molecule has 0 heterocycles. The highest BCUT2D eigenvalue weighted by atomic mass is 35.5. The van der Waals surface area contributed by atoms with E-state index in [4.69, 9.17) is 11.5 Å². The number of nitrogen functional groups attached to an aromatic ring is 1. The number of nitrogens with zero attached hydrogens (tertiary/aromatic N) is 2. The minimum atomic E-state index is 0. The molecule has 0 spiro atoms. The molecule has 0 fully saturated rings. The van der Waals surface area contributed by atoms with Gasteiger partial charge in [0.1, 0.15) is 0 Å². The van der Waals surface area contributed by atoms with E-state index in [0.717, 1.165) is 22.1 Å². The van der Waals surface area contributed by atoms with E-state index in [2.05, 4.69) is 17.1 Å². The van der Waals surface area contributed by atoms with Crippen LogP contribution in [0.2, 0.25) is 0 Å². The normalized spacial score (nSPS) is 10.6. The number of benzene rings is 3. The molecule has 0 saturated heterocycles. The molecule has 3 aromatic carbocycles. The quantitative estimate of drug-likeness (QED) is 0.404. The van der Waals surface area contributed by atoms with Gasteiger partial charge in [0.2, 0.25) is 5.96 Å². The van der Waals surface area contributed by atoms with Crippen molar-refractivity contribution in [2.45, 2.75) is 0 Å².